The molecule has 166 valence electrons. The SMILES string of the molecule is C/C(=C\C(C)C)NC1=NC(c2cc(C(F)(F)F)cc(C(F)(F)F)c2)Nc2ccccc21. The number of rotatable bonds is 3. The Kier molecular flexibility index (Phi) is 6.07. The number of amidine groups is 1. The van der Waals surface area contributed by atoms with Crippen LogP contribution in [0.15, 0.2) is 59.2 Å². The first-order chi connectivity index (χ1) is 14.3. The topological polar surface area (TPSA) is 36.4 Å². The molecule has 31 heavy (non-hydrogen) atoms. The third-order valence-electron chi connectivity index (χ3n) is 4.56. The molecular weight excluding hydrogens is 420 g/mol. The number of benzene rings is 2. The molecule has 0 aliphatic carbocycles. The van der Waals surface area contributed by atoms with Crippen molar-refractivity contribution in [1.82, 2.24) is 5.32 Å². The number of hydrogen-bond donors (Lipinski definition) is 2. The molecule has 1 atom stereocenters. The highest BCUT2D eigenvalue weighted by atomic mass is 19.4. The number of nitrogens with one attached hydrogen (secondary N) is 2. The second kappa shape index (κ2) is 8.28. The van der Waals surface area contributed by atoms with Crippen molar-refractivity contribution >= 4 is 11.5 Å². The molecule has 0 amide bonds. The smallest absolute Gasteiger partial charge is 0.359 e. The average Bonchev–Trinajstić information content (AvgIpc) is 2.65. The van der Waals surface area contributed by atoms with E-state index in [4.69, 9.17) is 0 Å². The molecule has 0 bridgehead atoms. The summed E-state index contributed by atoms with van der Waals surface area (Å²) >= 11 is 0. The number of allylic oxidation sites excluding steroid dienone is 2. The van der Waals surface area contributed by atoms with Crippen LogP contribution in [0.4, 0.5) is 32.0 Å². The van der Waals surface area contributed by atoms with Crippen molar-refractivity contribution in [2.24, 2.45) is 10.9 Å². The quantitative estimate of drug-likeness (QED) is 0.518. The lowest BCUT2D eigenvalue weighted by Crippen LogP contribution is -2.30. The molecule has 1 aliphatic rings. The van der Waals surface area contributed by atoms with E-state index in [1.54, 1.807) is 24.3 Å². The summed E-state index contributed by atoms with van der Waals surface area (Å²) in [5.74, 6) is 0.596. The van der Waals surface area contributed by atoms with Gasteiger partial charge >= 0.3 is 12.4 Å². The number of aliphatic imine (C=N–C) groups is 1. The molecule has 0 aromatic heterocycles. The summed E-state index contributed by atoms with van der Waals surface area (Å²) in [6, 6.07) is 8.44. The van der Waals surface area contributed by atoms with E-state index in [-0.39, 0.29) is 17.5 Å². The molecule has 2 aromatic carbocycles. The van der Waals surface area contributed by atoms with Gasteiger partial charge in [0.25, 0.3) is 0 Å². The van der Waals surface area contributed by atoms with Gasteiger partial charge in [0, 0.05) is 16.9 Å². The van der Waals surface area contributed by atoms with Crippen LogP contribution < -0.4 is 10.6 Å². The molecule has 0 spiro atoms. The molecule has 0 fully saturated rings. The van der Waals surface area contributed by atoms with E-state index in [0.717, 1.165) is 5.70 Å². The van der Waals surface area contributed by atoms with Gasteiger partial charge in [0.05, 0.1) is 11.1 Å². The van der Waals surface area contributed by atoms with E-state index in [9.17, 15) is 26.3 Å². The molecule has 2 aromatic rings. The summed E-state index contributed by atoms with van der Waals surface area (Å²) < 4.78 is 79.6. The van der Waals surface area contributed by atoms with Gasteiger partial charge in [-0.15, -0.1) is 0 Å². The predicted octanol–water partition coefficient (Wildman–Crippen LogP) is 6.74. The second-order valence-corrected chi connectivity index (χ2v) is 7.63. The molecule has 2 N–H and O–H groups in total. The molecule has 3 nitrogen and oxygen atoms in total. The van der Waals surface area contributed by atoms with Gasteiger partial charge in [-0.25, -0.2) is 4.99 Å². The lowest BCUT2D eigenvalue weighted by Gasteiger charge is -2.27. The van der Waals surface area contributed by atoms with Gasteiger partial charge < -0.3 is 10.6 Å². The van der Waals surface area contributed by atoms with Crippen LogP contribution in [0.5, 0.6) is 0 Å². The van der Waals surface area contributed by atoms with Crippen LogP contribution in [0.2, 0.25) is 0 Å². The summed E-state index contributed by atoms with van der Waals surface area (Å²) in [7, 11) is 0. The van der Waals surface area contributed by atoms with Crippen molar-refractivity contribution in [3.63, 3.8) is 0 Å². The van der Waals surface area contributed by atoms with Crippen molar-refractivity contribution in [2.45, 2.75) is 39.3 Å². The zero-order valence-corrected chi connectivity index (χ0v) is 17.0. The van der Waals surface area contributed by atoms with Gasteiger partial charge in [-0.1, -0.05) is 32.1 Å². The molecule has 0 radical (unpaired) electrons. The maximum Gasteiger partial charge on any atom is 0.416 e. The zero-order valence-electron chi connectivity index (χ0n) is 17.0. The van der Waals surface area contributed by atoms with E-state index >= 15 is 0 Å². The minimum absolute atomic E-state index is 0.110. The van der Waals surface area contributed by atoms with Crippen molar-refractivity contribution in [1.29, 1.82) is 0 Å². The predicted molar refractivity (Wildman–Crippen MR) is 108 cm³/mol. The third kappa shape index (κ3) is 5.39. The number of nitrogens with zero attached hydrogens (tertiary/aromatic N) is 1. The Labute approximate surface area is 175 Å². The van der Waals surface area contributed by atoms with Crippen molar-refractivity contribution in [2.75, 3.05) is 5.32 Å². The van der Waals surface area contributed by atoms with Crippen LogP contribution >= 0.6 is 0 Å². The van der Waals surface area contributed by atoms with E-state index in [0.29, 0.717) is 29.2 Å². The van der Waals surface area contributed by atoms with E-state index in [1.807, 2.05) is 26.8 Å². The van der Waals surface area contributed by atoms with Gasteiger partial charge in [-0.3, -0.25) is 0 Å². The highest BCUT2D eigenvalue weighted by molar-refractivity contribution is 6.05. The lowest BCUT2D eigenvalue weighted by atomic mass is 10.0. The molecular formula is C22H21F6N3. The monoisotopic (exact) mass is 441 g/mol. The minimum atomic E-state index is -4.93. The number of halogens is 6. The van der Waals surface area contributed by atoms with Crippen LogP contribution in [-0.2, 0) is 12.4 Å². The molecule has 9 heteroatoms. The maximum absolute atomic E-state index is 13.3. The van der Waals surface area contributed by atoms with E-state index in [1.165, 1.54) is 0 Å². The molecule has 3 rings (SSSR count). The first-order valence-electron chi connectivity index (χ1n) is 9.53. The summed E-state index contributed by atoms with van der Waals surface area (Å²) in [6.07, 6.45) is -9.05. The van der Waals surface area contributed by atoms with E-state index < -0.39 is 29.6 Å². The molecule has 0 saturated carbocycles. The van der Waals surface area contributed by atoms with Crippen LogP contribution in [-0.4, -0.2) is 5.84 Å². The van der Waals surface area contributed by atoms with Gasteiger partial charge in [-0.2, -0.15) is 26.3 Å². The molecule has 1 aliphatic heterocycles. The van der Waals surface area contributed by atoms with Crippen molar-refractivity contribution < 1.29 is 26.3 Å². The number of para-hydroxylation sites is 1. The fourth-order valence-corrected chi connectivity index (χ4v) is 3.32. The number of alkyl halides is 6. The lowest BCUT2D eigenvalue weighted by molar-refractivity contribution is -0.143. The molecule has 1 heterocycles. The number of hydrogen-bond acceptors (Lipinski definition) is 3. The van der Waals surface area contributed by atoms with E-state index in [2.05, 4.69) is 15.6 Å². The Bertz CT molecular complexity index is 986. The number of fused-ring (bicyclic) bond motifs is 1. The first kappa shape index (κ1) is 22.7. The zero-order chi connectivity index (χ0) is 23.0. The van der Waals surface area contributed by atoms with Crippen LogP contribution in [0, 0.1) is 5.92 Å². The highest BCUT2D eigenvalue weighted by Gasteiger charge is 2.38. The Morgan fingerprint density at radius 2 is 1.58 bits per heavy atom. The maximum atomic E-state index is 13.3. The Balaban J connectivity index is 2.11. The standard InChI is InChI=1S/C22H21F6N3/c1-12(2)8-13(3)29-20-17-6-4-5-7-18(17)30-19(31-20)14-9-15(21(23,24)25)11-16(10-14)22(26,27)28/h4-12,19,30H,1-3H3,(H,29,31)/b13-8+. The van der Waals surface area contributed by atoms with Crippen LogP contribution in [0.25, 0.3) is 0 Å². The summed E-state index contributed by atoms with van der Waals surface area (Å²) in [6.45, 7) is 5.77. The minimum Gasteiger partial charge on any atom is -0.359 e. The average molecular weight is 441 g/mol. The Morgan fingerprint density at radius 1 is 1.00 bits per heavy atom. The third-order valence-corrected chi connectivity index (χ3v) is 4.56. The molecule has 0 saturated heterocycles. The Hall–Kier alpha value is -2.97. The Morgan fingerprint density at radius 3 is 2.13 bits per heavy atom. The fourth-order valence-electron chi connectivity index (χ4n) is 3.32. The summed E-state index contributed by atoms with van der Waals surface area (Å²) in [5.41, 5.74) is -1.01. The van der Waals surface area contributed by atoms with Crippen molar-refractivity contribution in [3.8, 4) is 0 Å². The summed E-state index contributed by atoms with van der Waals surface area (Å²) in [5, 5.41) is 6.06. The largest absolute Gasteiger partial charge is 0.416 e. The van der Waals surface area contributed by atoms with Gasteiger partial charge in [0.1, 0.15) is 12.0 Å². The highest BCUT2D eigenvalue weighted by Crippen LogP contribution is 2.39. The molecule has 1 unspecified atom stereocenters. The second-order valence-electron chi connectivity index (χ2n) is 7.63. The van der Waals surface area contributed by atoms with Crippen LogP contribution in [0.3, 0.4) is 0 Å². The van der Waals surface area contributed by atoms with Gasteiger partial charge in [-0.05, 0) is 48.7 Å². The summed E-state index contributed by atoms with van der Waals surface area (Å²) in [4.78, 5) is 4.41. The normalized spacial score (nSPS) is 17.2. The van der Waals surface area contributed by atoms with Crippen molar-refractivity contribution in [3.05, 3.63) is 76.5 Å². The first-order valence-corrected chi connectivity index (χ1v) is 9.53. The van der Waals surface area contributed by atoms with Gasteiger partial charge in [0.2, 0.25) is 0 Å². The van der Waals surface area contributed by atoms with Crippen LogP contribution in [0.1, 0.15) is 49.2 Å². The number of anilines is 1. The van der Waals surface area contributed by atoms with Gasteiger partial charge in [0.15, 0.2) is 0 Å². The fraction of sp³-hybridized carbons (Fsp3) is 0.318.